The van der Waals surface area contributed by atoms with Gasteiger partial charge < -0.3 is 14.8 Å². The van der Waals surface area contributed by atoms with Crippen molar-refractivity contribution in [3.63, 3.8) is 0 Å². The highest BCUT2D eigenvalue weighted by Crippen LogP contribution is 2.11. The maximum absolute atomic E-state index is 11.6. The van der Waals surface area contributed by atoms with Crippen LogP contribution in [0.4, 0.5) is 0 Å². The van der Waals surface area contributed by atoms with Crippen LogP contribution in [0.5, 0.6) is 5.75 Å². The van der Waals surface area contributed by atoms with Crippen LogP contribution < -0.4 is 10.1 Å². The van der Waals surface area contributed by atoms with Gasteiger partial charge in [-0.3, -0.25) is 4.79 Å². The summed E-state index contributed by atoms with van der Waals surface area (Å²) in [6, 6.07) is 6.80. The molecule has 0 unspecified atom stereocenters. The lowest BCUT2D eigenvalue weighted by molar-refractivity contribution is 0.0937. The summed E-state index contributed by atoms with van der Waals surface area (Å²) in [4.78, 5) is 11.6. The lowest BCUT2D eigenvalue weighted by Crippen LogP contribution is -2.26. The smallest absolute Gasteiger partial charge is 0.251 e. The van der Waals surface area contributed by atoms with E-state index in [9.17, 15) is 4.79 Å². The van der Waals surface area contributed by atoms with Gasteiger partial charge in [0.25, 0.3) is 5.91 Å². The zero-order valence-electron chi connectivity index (χ0n) is 9.73. The molecule has 0 saturated heterocycles. The second-order valence-corrected chi connectivity index (χ2v) is 3.27. The van der Waals surface area contributed by atoms with Crippen molar-refractivity contribution in [1.82, 2.24) is 5.32 Å². The van der Waals surface area contributed by atoms with Crippen LogP contribution in [-0.4, -0.2) is 32.8 Å². The van der Waals surface area contributed by atoms with E-state index in [1.807, 2.05) is 0 Å². The third kappa shape index (κ3) is 4.58. The highest BCUT2D eigenvalue weighted by atomic mass is 16.5. The van der Waals surface area contributed by atoms with Crippen molar-refractivity contribution >= 4 is 5.91 Å². The molecule has 0 aliphatic carbocycles. The van der Waals surface area contributed by atoms with Gasteiger partial charge in [0, 0.05) is 19.2 Å². The Hall–Kier alpha value is -1.99. The number of terminal acetylenes is 1. The number of amides is 1. The Bertz CT molecular complexity index is 392. The molecule has 0 aromatic heterocycles. The van der Waals surface area contributed by atoms with E-state index in [0.29, 0.717) is 24.5 Å². The van der Waals surface area contributed by atoms with Gasteiger partial charge in [-0.15, -0.1) is 6.42 Å². The van der Waals surface area contributed by atoms with Crippen LogP contribution in [0.1, 0.15) is 10.4 Å². The predicted octanol–water partition coefficient (Wildman–Crippen LogP) is 1.07. The van der Waals surface area contributed by atoms with Crippen LogP contribution in [0.25, 0.3) is 0 Å². The molecule has 17 heavy (non-hydrogen) atoms. The first-order valence-corrected chi connectivity index (χ1v) is 5.21. The number of benzene rings is 1. The quantitative estimate of drug-likeness (QED) is 0.590. The second kappa shape index (κ2) is 7.31. The zero-order valence-corrected chi connectivity index (χ0v) is 9.73. The van der Waals surface area contributed by atoms with Crippen molar-refractivity contribution in [3.8, 4) is 18.1 Å². The van der Waals surface area contributed by atoms with E-state index in [4.69, 9.17) is 15.9 Å². The molecular formula is C13H15NO3. The van der Waals surface area contributed by atoms with E-state index in [1.54, 1.807) is 31.4 Å². The molecule has 1 amide bonds. The lowest BCUT2D eigenvalue weighted by atomic mass is 10.2. The van der Waals surface area contributed by atoms with Gasteiger partial charge in [0.2, 0.25) is 0 Å². The molecule has 0 spiro atoms. The van der Waals surface area contributed by atoms with E-state index in [0.717, 1.165) is 0 Å². The fourth-order valence-corrected chi connectivity index (χ4v) is 1.20. The molecule has 1 aromatic carbocycles. The number of carbonyl (C=O) groups excluding carboxylic acids is 1. The Morgan fingerprint density at radius 2 is 2.12 bits per heavy atom. The molecule has 0 atom stereocenters. The molecule has 1 rings (SSSR count). The number of methoxy groups -OCH3 is 1. The lowest BCUT2D eigenvalue weighted by Gasteiger charge is -2.06. The number of nitrogens with one attached hydrogen (secondary N) is 1. The molecule has 0 aliphatic heterocycles. The minimum absolute atomic E-state index is 0.134. The third-order valence-corrected chi connectivity index (χ3v) is 2.03. The molecule has 4 nitrogen and oxygen atoms in total. The molecule has 0 aliphatic rings. The first kappa shape index (κ1) is 13.1. The van der Waals surface area contributed by atoms with Gasteiger partial charge in [0.05, 0.1) is 6.61 Å². The molecule has 4 heteroatoms. The summed E-state index contributed by atoms with van der Waals surface area (Å²) >= 11 is 0. The fourth-order valence-electron chi connectivity index (χ4n) is 1.20. The molecule has 0 heterocycles. The average molecular weight is 233 g/mol. The molecule has 0 saturated carbocycles. The van der Waals surface area contributed by atoms with Crippen molar-refractivity contribution in [3.05, 3.63) is 29.8 Å². The molecule has 90 valence electrons. The Kier molecular flexibility index (Phi) is 5.62. The highest BCUT2D eigenvalue weighted by Gasteiger charge is 2.04. The van der Waals surface area contributed by atoms with E-state index in [2.05, 4.69) is 11.2 Å². The molecule has 0 bridgehead atoms. The molecule has 0 radical (unpaired) electrons. The Morgan fingerprint density at radius 3 is 2.71 bits per heavy atom. The number of hydrogen-bond acceptors (Lipinski definition) is 3. The summed E-state index contributed by atoms with van der Waals surface area (Å²) in [6.45, 7) is 1.21. The van der Waals surface area contributed by atoms with Crippen molar-refractivity contribution in [2.45, 2.75) is 0 Å². The predicted molar refractivity (Wildman–Crippen MR) is 65.0 cm³/mol. The van der Waals surface area contributed by atoms with Gasteiger partial charge in [0.15, 0.2) is 0 Å². The largest absolute Gasteiger partial charge is 0.481 e. The Balaban J connectivity index is 2.49. The van der Waals surface area contributed by atoms with Crippen molar-refractivity contribution in [2.24, 2.45) is 0 Å². The third-order valence-electron chi connectivity index (χ3n) is 2.03. The van der Waals surface area contributed by atoms with E-state index >= 15 is 0 Å². The minimum Gasteiger partial charge on any atom is -0.481 e. The molecule has 1 N–H and O–H groups in total. The molecule has 1 aromatic rings. The number of ether oxygens (including phenoxy) is 2. The number of carbonyl (C=O) groups is 1. The van der Waals surface area contributed by atoms with Crippen molar-refractivity contribution < 1.29 is 14.3 Å². The van der Waals surface area contributed by atoms with Crippen molar-refractivity contribution in [2.75, 3.05) is 26.9 Å². The van der Waals surface area contributed by atoms with Gasteiger partial charge in [-0.2, -0.15) is 0 Å². The van der Waals surface area contributed by atoms with Gasteiger partial charge in [0.1, 0.15) is 12.4 Å². The monoisotopic (exact) mass is 233 g/mol. The summed E-state index contributed by atoms with van der Waals surface area (Å²) < 4.78 is 10.0. The van der Waals surface area contributed by atoms with E-state index < -0.39 is 0 Å². The summed E-state index contributed by atoms with van der Waals surface area (Å²) in [5.41, 5.74) is 0.578. The maximum Gasteiger partial charge on any atom is 0.251 e. The maximum atomic E-state index is 11.6. The van der Waals surface area contributed by atoms with Crippen LogP contribution in [0.3, 0.4) is 0 Å². The molecular weight excluding hydrogens is 218 g/mol. The van der Waals surface area contributed by atoms with Crippen LogP contribution >= 0.6 is 0 Å². The summed E-state index contributed by atoms with van der Waals surface area (Å²) in [7, 11) is 1.59. The van der Waals surface area contributed by atoms with Crippen LogP contribution in [0.15, 0.2) is 24.3 Å². The summed E-state index contributed by atoms with van der Waals surface area (Å²) in [5.74, 6) is 2.89. The van der Waals surface area contributed by atoms with Gasteiger partial charge in [-0.1, -0.05) is 5.92 Å². The van der Waals surface area contributed by atoms with Gasteiger partial charge in [-0.05, 0) is 24.3 Å². The first-order valence-electron chi connectivity index (χ1n) is 5.21. The van der Waals surface area contributed by atoms with E-state index in [1.165, 1.54) is 0 Å². The topological polar surface area (TPSA) is 47.6 Å². The number of hydrogen-bond donors (Lipinski definition) is 1. The van der Waals surface area contributed by atoms with Gasteiger partial charge >= 0.3 is 0 Å². The minimum atomic E-state index is -0.134. The first-order chi connectivity index (χ1) is 8.27. The van der Waals surface area contributed by atoms with Gasteiger partial charge in [-0.25, -0.2) is 0 Å². The number of rotatable bonds is 6. The summed E-state index contributed by atoms with van der Waals surface area (Å²) in [5, 5.41) is 2.73. The summed E-state index contributed by atoms with van der Waals surface area (Å²) in [6.07, 6.45) is 5.07. The zero-order chi connectivity index (χ0) is 12.5. The fraction of sp³-hybridized carbons (Fsp3) is 0.308. The second-order valence-electron chi connectivity index (χ2n) is 3.27. The standard InChI is InChI=1S/C13H15NO3/c1-3-9-17-12-6-4-11(5-7-12)13(15)14-8-10-16-2/h1,4-7H,8-10H2,2H3,(H,14,15). The SMILES string of the molecule is C#CCOc1ccc(C(=O)NCCOC)cc1. The Morgan fingerprint density at radius 1 is 1.41 bits per heavy atom. The van der Waals surface area contributed by atoms with Crippen molar-refractivity contribution in [1.29, 1.82) is 0 Å². The normalized spacial score (nSPS) is 9.41. The van der Waals surface area contributed by atoms with Crippen LogP contribution in [-0.2, 0) is 4.74 Å². The Labute approximate surface area is 101 Å². The average Bonchev–Trinajstić information content (AvgIpc) is 2.37. The van der Waals surface area contributed by atoms with Crippen LogP contribution in [0, 0.1) is 12.3 Å². The van der Waals surface area contributed by atoms with E-state index in [-0.39, 0.29) is 12.5 Å². The highest BCUT2D eigenvalue weighted by molar-refractivity contribution is 5.94. The van der Waals surface area contributed by atoms with Crippen LogP contribution in [0.2, 0.25) is 0 Å². The molecule has 0 fully saturated rings.